The van der Waals surface area contributed by atoms with Crippen LogP contribution < -0.4 is 5.73 Å². The van der Waals surface area contributed by atoms with Crippen molar-refractivity contribution in [3.05, 3.63) is 30.4 Å². The average Bonchev–Trinajstić information content (AvgIpc) is 2.36. The lowest BCUT2D eigenvalue weighted by Gasteiger charge is -2.05. The fourth-order valence-corrected chi connectivity index (χ4v) is 2.75. The molecular weight excluding hydrogens is 268 g/mol. The zero-order chi connectivity index (χ0) is 14.3. The first kappa shape index (κ1) is 15.6. The molecule has 0 aliphatic carbocycles. The number of amides is 1. The Kier molecular flexibility index (Phi) is 5.91. The lowest BCUT2D eigenvalue weighted by molar-refractivity contribution is -0.117. The van der Waals surface area contributed by atoms with Crippen molar-refractivity contribution in [2.45, 2.75) is 24.2 Å². The summed E-state index contributed by atoms with van der Waals surface area (Å²) >= 11 is 0. The van der Waals surface area contributed by atoms with E-state index in [4.69, 9.17) is 10.8 Å². The number of sulfone groups is 1. The second kappa shape index (κ2) is 7.20. The van der Waals surface area contributed by atoms with Gasteiger partial charge in [0.15, 0.2) is 9.84 Å². The highest BCUT2D eigenvalue weighted by Crippen LogP contribution is 2.15. The van der Waals surface area contributed by atoms with Crippen molar-refractivity contribution in [2.75, 3.05) is 12.4 Å². The number of nitrogens with two attached hydrogens (primary N) is 1. The van der Waals surface area contributed by atoms with Gasteiger partial charge in [-0.25, -0.2) is 8.42 Å². The largest absolute Gasteiger partial charge is 0.396 e. The molecule has 0 aliphatic heterocycles. The first-order valence-corrected chi connectivity index (χ1v) is 7.51. The minimum Gasteiger partial charge on any atom is -0.396 e. The van der Waals surface area contributed by atoms with Crippen LogP contribution in [0.3, 0.4) is 0 Å². The summed E-state index contributed by atoms with van der Waals surface area (Å²) < 4.78 is 23.8. The molecular formula is C12H17N2O4S. The number of carbonyl (C=O) groups excluding carboxylic acids is 1. The molecule has 0 saturated heterocycles. The zero-order valence-corrected chi connectivity index (χ0v) is 11.3. The fraction of sp³-hybridized carbons (Fsp3) is 0.417. The van der Waals surface area contributed by atoms with E-state index in [1.54, 1.807) is 6.42 Å². The monoisotopic (exact) mass is 285 g/mol. The molecule has 0 spiro atoms. The summed E-state index contributed by atoms with van der Waals surface area (Å²) in [6, 6.07) is 1.50. The van der Waals surface area contributed by atoms with E-state index in [1.165, 1.54) is 18.5 Å². The van der Waals surface area contributed by atoms with Gasteiger partial charge in [-0.2, -0.15) is 0 Å². The number of aliphatic hydroxyl groups is 1. The highest BCUT2D eigenvalue weighted by Gasteiger charge is 2.14. The van der Waals surface area contributed by atoms with Gasteiger partial charge in [-0.05, 0) is 30.9 Å². The van der Waals surface area contributed by atoms with Gasteiger partial charge < -0.3 is 10.8 Å². The van der Waals surface area contributed by atoms with Gasteiger partial charge in [0.05, 0.1) is 10.6 Å². The quantitative estimate of drug-likeness (QED) is 0.701. The molecule has 7 heteroatoms. The number of hydrogen-bond donors (Lipinski definition) is 2. The average molecular weight is 285 g/mol. The molecule has 1 aromatic heterocycles. The van der Waals surface area contributed by atoms with Crippen molar-refractivity contribution in [2.24, 2.45) is 5.73 Å². The summed E-state index contributed by atoms with van der Waals surface area (Å²) in [5.41, 5.74) is 5.65. The summed E-state index contributed by atoms with van der Waals surface area (Å²) in [5.74, 6) is -0.522. The molecule has 1 heterocycles. The molecule has 0 aliphatic rings. The molecule has 1 rings (SSSR count). The maximum atomic E-state index is 11.9. The molecule has 0 fully saturated rings. The lowest BCUT2D eigenvalue weighted by atomic mass is 10.1. The number of primary amides is 1. The molecule has 19 heavy (non-hydrogen) atoms. The van der Waals surface area contributed by atoms with Crippen LogP contribution in [0.15, 0.2) is 23.4 Å². The van der Waals surface area contributed by atoms with E-state index in [9.17, 15) is 13.2 Å². The van der Waals surface area contributed by atoms with Crippen LogP contribution >= 0.6 is 0 Å². The summed E-state index contributed by atoms with van der Waals surface area (Å²) in [6.45, 7) is -0.170. The Morgan fingerprint density at radius 1 is 1.42 bits per heavy atom. The van der Waals surface area contributed by atoms with E-state index >= 15 is 0 Å². The molecule has 0 bridgehead atoms. The molecule has 1 amide bonds. The predicted molar refractivity (Wildman–Crippen MR) is 69.8 cm³/mol. The van der Waals surface area contributed by atoms with E-state index in [-0.39, 0.29) is 30.1 Å². The van der Waals surface area contributed by atoms with Gasteiger partial charge >= 0.3 is 0 Å². The molecule has 0 unspecified atom stereocenters. The van der Waals surface area contributed by atoms with Crippen molar-refractivity contribution >= 4 is 15.7 Å². The Labute approximate surface area is 112 Å². The maximum Gasteiger partial charge on any atom is 0.217 e. The first-order valence-electron chi connectivity index (χ1n) is 5.86. The van der Waals surface area contributed by atoms with Crippen LogP contribution in [0, 0.1) is 6.42 Å². The van der Waals surface area contributed by atoms with Crippen LogP contribution in [0.5, 0.6) is 0 Å². The number of rotatable bonds is 8. The number of aliphatic hydroxyl groups excluding tert-OH is 1. The highest BCUT2D eigenvalue weighted by atomic mass is 32.2. The Hall–Kier alpha value is -1.47. The Morgan fingerprint density at radius 2 is 2.16 bits per heavy atom. The molecule has 0 saturated carbocycles. The summed E-state index contributed by atoms with van der Waals surface area (Å²) in [7, 11) is -3.42. The van der Waals surface area contributed by atoms with E-state index in [0.29, 0.717) is 12.0 Å². The van der Waals surface area contributed by atoms with Gasteiger partial charge in [0.2, 0.25) is 5.91 Å². The third kappa shape index (κ3) is 5.35. The molecule has 1 aromatic rings. The van der Waals surface area contributed by atoms with E-state index in [2.05, 4.69) is 4.98 Å². The summed E-state index contributed by atoms with van der Waals surface area (Å²) in [4.78, 5) is 14.6. The fourth-order valence-electron chi connectivity index (χ4n) is 1.47. The SMILES string of the molecule is NC(=O)CC[CH]c1cncc(S(=O)(=O)CCCO)c1. The van der Waals surface area contributed by atoms with Gasteiger partial charge in [-0.1, -0.05) is 0 Å². The Bertz CT molecular complexity index is 528. The molecule has 0 aromatic carbocycles. The van der Waals surface area contributed by atoms with E-state index < -0.39 is 15.7 Å². The maximum absolute atomic E-state index is 11.9. The van der Waals surface area contributed by atoms with Crippen molar-refractivity contribution < 1.29 is 18.3 Å². The number of nitrogens with zero attached hydrogens (tertiary/aromatic N) is 1. The van der Waals surface area contributed by atoms with E-state index in [1.807, 2.05) is 0 Å². The van der Waals surface area contributed by atoms with Gasteiger partial charge in [-0.3, -0.25) is 9.78 Å². The van der Waals surface area contributed by atoms with Crippen LogP contribution in [-0.2, 0) is 14.6 Å². The van der Waals surface area contributed by atoms with Crippen LogP contribution in [0.25, 0.3) is 0 Å². The minimum atomic E-state index is -3.42. The highest BCUT2D eigenvalue weighted by molar-refractivity contribution is 7.91. The minimum absolute atomic E-state index is 0.115. The normalized spacial score (nSPS) is 11.4. The van der Waals surface area contributed by atoms with Crippen LogP contribution in [0.4, 0.5) is 0 Å². The van der Waals surface area contributed by atoms with Gasteiger partial charge in [0.25, 0.3) is 0 Å². The lowest BCUT2D eigenvalue weighted by Crippen LogP contribution is -2.10. The zero-order valence-electron chi connectivity index (χ0n) is 10.4. The number of hydrogen-bond acceptors (Lipinski definition) is 5. The van der Waals surface area contributed by atoms with Gasteiger partial charge in [-0.15, -0.1) is 0 Å². The summed E-state index contributed by atoms with van der Waals surface area (Å²) in [6.07, 6.45) is 5.35. The standard InChI is InChI=1S/C12H17N2O4S/c13-12(16)4-1-3-10-7-11(9-14-8-10)19(17,18)6-2-5-15/h3,7-9,15H,1-2,4-6H2,(H2,13,16). The van der Waals surface area contributed by atoms with Crippen molar-refractivity contribution in [3.63, 3.8) is 0 Å². The van der Waals surface area contributed by atoms with Crippen molar-refractivity contribution in [1.82, 2.24) is 4.98 Å². The van der Waals surface area contributed by atoms with Crippen LogP contribution in [0.2, 0.25) is 0 Å². The molecule has 0 atom stereocenters. The smallest absolute Gasteiger partial charge is 0.217 e. The number of aromatic nitrogens is 1. The van der Waals surface area contributed by atoms with E-state index in [0.717, 1.165) is 0 Å². The van der Waals surface area contributed by atoms with Crippen LogP contribution in [-0.4, -0.2) is 36.8 Å². The van der Waals surface area contributed by atoms with Gasteiger partial charge in [0, 0.05) is 25.4 Å². The van der Waals surface area contributed by atoms with Gasteiger partial charge in [0.1, 0.15) is 0 Å². The first-order chi connectivity index (χ1) is 8.95. The Morgan fingerprint density at radius 3 is 2.79 bits per heavy atom. The number of pyridine rings is 1. The predicted octanol–water partition coefficient (Wildman–Crippen LogP) is 0.0556. The molecule has 3 N–H and O–H groups in total. The molecule has 1 radical (unpaired) electrons. The topological polar surface area (TPSA) is 110 Å². The third-order valence-electron chi connectivity index (χ3n) is 2.44. The summed E-state index contributed by atoms with van der Waals surface area (Å²) in [5, 5.41) is 8.67. The second-order valence-electron chi connectivity index (χ2n) is 4.06. The molecule has 6 nitrogen and oxygen atoms in total. The Balaban J connectivity index is 2.73. The van der Waals surface area contributed by atoms with Crippen molar-refractivity contribution in [1.29, 1.82) is 0 Å². The number of carbonyl (C=O) groups is 1. The second-order valence-corrected chi connectivity index (χ2v) is 6.17. The van der Waals surface area contributed by atoms with Crippen LogP contribution in [0.1, 0.15) is 24.8 Å². The van der Waals surface area contributed by atoms with Crippen molar-refractivity contribution in [3.8, 4) is 0 Å². The molecule has 105 valence electrons. The third-order valence-corrected chi connectivity index (χ3v) is 4.20.